The zero-order valence-electron chi connectivity index (χ0n) is 10.6. The van der Waals surface area contributed by atoms with Crippen LogP contribution >= 0.6 is 22.7 Å². The number of carbonyl (C=O) groups is 1. The van der Waals surface area contributed by atoms with Crippen molar-refractivity contribution in [2.24, 2.45) is 5.73 Å². The zero-order valence-corrected chi connectivity index (χ0v) is 12.2. The van der Waals surface area contributed by atoms with Crippen LogP contribution in [0.4, 0.5) is 5.00 Å². The molecular formula is C13H13N3OS2. The maximum Gasteiger partial charge on any atom is 0.247 e. The summed E-state index contributed by atoms with van der Waals surface area (Å²) in [5, 5.41) is 14.3. The highest BCUT2D eigenvalue weighted by molar-refractivity contribution is 7.16. The second-order valence-corrected chi connectivity index (χ2v) is 6.29. The number of nitrogens with zero attached hydrogens (tertiary/aromatic N) is 1. The van der Waals surface area contributed by atoms with Gasteiger partial charge in [0, 0.05) is 9.75 Å². The summed E-state index contributed by atoms with van der Waals surface area (Å²) in [6.07, 6.45) is 0. The summed E-state index contributed by atoms with van der Waals surface area (Å²) in [5.74, 6) is -0.291. The van der Waals surface area contributed by atoms with Crippen molar-refractivity contribution in [1.82, 2.24) is 0 Å². The van der Waals surface area contributed by atoms with Gasteiger partial charge in [0.2, 0.25) is 5.91 Å². The van der Waals surface area contributed by atoms with Gasteiger partial charge in [-0.15, -0.1) is 22.7 Å². The normalized spacial score (nSPS) is 11.9. The average molecular weight is 291 g/mol. The van der Waals surface area contributed by atoms with Gasteiger partial charge in [-0.05, 0) is 30.9 Å². The molecule has 0 aliphatic carbocycles. The Bertz CT molecular complexity index is 638. The molecule has 98 valence electrons. The van der Waals surface area contributed by atoms with Crippen molar-refractivity contribution in [3.05, 3.63) is 38.4 Å². The fourth-order valence-corrected chi connectivity index (χ4v) is 3.38. The lowest BCUT2D eigenvalue weighted by atomic mass is 10.2. The number of nitrogens with two attached hydrogens (primary N) is 1. The van der Waals surface area contributed by atoms with E-state index in [1.807, 2.05) is 31.4 Å². The number of nitrogens with one attached hydrogen (secondary N) is 1. The number of amides is 1. The summed E-state index contributed by atoms with van der Waals surface area (Å²) in [6, 6.07) is 5.10. The number of hydrogen-bond acceptors (Lipinski definition) is 5. The Kier molecular flexibility index (Phi) is 4.00. The van der Waals surface area contributed by atoms with Crippen LogP contribution in [-0.4, -0.2) is 5.91 Å². The Hall–Kier alpha value is -1.68. The number of anilines is 1. The predicted molar refractivity (Wildman–Crippen MR) is 78.4 cm³/mol. The lowest BCUT2D eigenvalue weighted by Crippen LogP contribution is -2.26. The van der Waals surface area contributed by atoms with Crippen LogP contribution in [0.25, 0.3) is 0 Å². The van der Waals surface area contributed by atoms with Crippen molar-refractivity contribution in [1.29, 1.82) is 5.26 Å². The molecule has 1 unspecified atom stereocenters. The summed E-state index contributed by atoms with van der Waals surface area (Å²) in [6.45, 7) is 3.80. The number of rotatable bonds is 3. The molecule has 0 aromatic carbocycles. The molecule has 0 aliphatic heterocycles. The average Bonchev–Trinajstić information content (AvgIpc) is 2.99. The monoisotopic (exact) mass is 291 g/mol. The Morgan fingerprint density at radius 1 is 1.53 bits per heavy atom. The molecule has 0 saturated carbocycles. The van der Waals surface area contributed by atoms with Crippen molar-refractivity contribution >= 4 is 33.6 Å². The molecule has 2 heterocycles. The van der Waals surface area contributed by atoms with E-state index in [1.54, 1.807) is 0 Å². The van der Waals surface area contributed by atoms with Crippen molar-refractivity contribution in [3.8, 4) is 6.07 Å². The van der Waals surface area contributed by atoms with Crippen LogP contribution in [-0.2, 0) is 4.79 Å². The first-order valence-electron chi connectivity index (χ1n) is 5.64. The highest BCUT2D eigenvalue weighted by Crippen LogP contribution is 2.32. The Morgan fingerprint density at radius 2 is 2.26 bits per heavy atom. The molecule has 1 amide bonds. The van der Waals surface area contributed by atoms with Gasteiger partial charge in [-0.1, -0.05) is 6.07 Å². The van der Waals surface area contributed by atoms with E-state index >= 15 is 0 Å². The van der Waals surface area contributed by atoms with Crippen LogP contribution in [0.2, 0.25) is 0 Å². The smallest absolute Gasteiger partial charge is 0.247 e. The number of aryl methyl sites for hydroxylation is 1. The largest absolute Gasteiger partial charge is 0.316 e. The Labute approximate surface area is 119 Å². The molecule has 0 bridgehead atoms. The van der Waals surface area contributed by atoms with E-state index in [2.05, 4.69) is 11.4 Å². The fourth-order valence-electron chi connectivity index (χ4n) is 1.64. The summed E-state index contributed by atoms with van der Waals surface area (Å²) < 4.78 is 0. The predicted octanol–water partition coefficient (Wildman–Crippen LogP) is 2.94. The third-order valence-corrected chi connectivity index (χ3v) is 4.94. The first-order valence-corrected chi connectivity index (χ1v) is 7.34. The molecule has 3 N–H and O–H groups in total. The molecule has 6 heteroatoms. The topological polar surface area (TPSA) is 78.9 Å². The van der Waals surface area contributed by atoms with Crippen molar-refractivity contribution < 1.29 is 4.79 Å². The van der Waals surface area contributed by atoms with Crippen LogP contribution in [0.5, 0.6) is 0 Å². The van der Waals surface area contributed by atoms with Crippen LogP contribution in [0.15, 0.2) is 17.5 Å². The van der Waals surface area contributed by atoms with Gasteiger partial charge in [-0.2, -0.15) is 5.26 Å². The number of carbonyl (C=O) groups excluding carboxylic acids is 1. The van der Waals surface area contributed by atoms with Crippen molar-refractivity contribution in [3.63, 3.8) is 0 Å². The van der Waals surface area contributed by atoms with Gasteiger partial charge in [0.15, 0.2) is 0 Å². The molecule has 2 rings (SSSR count). The SMILES string of the molecule is Cc1sc(NC(=O)C(N)c2cccs2)c(C#N)c1C. The Balaban J connectivity index is 2.20. The van der Waals surface area contributed by atoms with Crippen LogP contribution in [0.1, 0.15) is 26.9 Å². The molecule has 0 fully saturated rings. The minimum atomic E-state index is -0.700. The van der Waals surface area contributed by atoms with E-state index in [0.29, 0.717) is 10.6 Å². The maximum absolute atomic E-state index is 12.1. The molecule has 0 radical (unpaired) electrons. The van der Waals surface area contributed by atoms with E-state index in [4.69, 9.17) is 11.0 Å². The number of hydrogen-bond donors (Lipinski definition) is 2. The minimum Gasteiger partial charge on any atom is -0.316 e. The molecule has 0 aliphatic rings. The van der Waals surface area contributed by atoms with E-state index in [-0.39, 0.29) is 5.91 Å². The van der Waals surface area contributed by atoms with Gasteiger partial charge in [-0.25, -0.2) is 0 Å². The third kappa shape index (κ3) is 2.68. The molecule has 0 saturated heterocycles. The fraction of sp³-hybridized carbons (Fsp3) is 0.231. The zero-order chi connectivity index (χ0) is 14.0. The first-order chi connectivity index (χ1) is 9.04. The number of nitriles is 1. The molecule has 0 spiro atoms. The van der Waals surface area contributed by atoms with E-state index in [1.165, 1.54) is 22.7 Å². The summed E-state index contributed by atoms with van der Waals surface area (Å²) >= 11 is 2.84. The standard InChI is InChI=1S/C13H13N3OS2/c1-7-8(2)19-13(9(7)6-14)16-12(17)11(15)10-4-3-5-18-10/h3-5,11H,15H2,1-2H3,(H,16,17). The molecule has 4 nitrogen and oxygen atoms in total. The molecule has 1 atom stereocenters. The summed E-state index contributed by atoms with van der Waals surface area (Å²) in [4.78, 5) is 13.9. The van der Waals surface area contributed by atoms with Gasteiger partial charge >= 0.3 is 0 Å². The minimum absolute atomic E-state index is 0.291. The molecule has 2 aromatic heterocycles. The van der Waals surface area contributed by atoms with Crippen molar-refractivity contribution in [2.75, 3.05) is 5.32 Å². The molecule has 19 heavy (non-hydrogen) atoms. The van der Waals surface area contributed by atoms with Crippen LogP contribution in [0, 0.1) is 25.2 Å². The molecular weight excluding hydrogens is 278 g/mol. The second kappa shape index (κ2) is 5.53. The highest BCUT2D eigenvalue weighted by atomic mass is 32.1. The number of thiophene rings is 2. The van der Waals surface area contributed by atoms with Crippen molar-refractivity contribution in [2.45, 2.75) is 19.9 Å². The summed E-state index contributed by atoms with van der Waals surface area (Å²) in [7, 11) is 0. The third-order valence-electron chi connectivity index (χ3n) is 2.87. The highest BCUT2D eigenvalue weighted by Gasteiger charge is 2.20. The van der Waals surface area contributed by atoms with Gasteiger partial charge in [-0.3, -0.25) is 4.79 Å². The molecule has 2 aromatic rings. The Morgan fingerprint density at radius 3 is 2.84 bits per heavy atom. The summed E-state index contributed by atoms with van der Waals surface area (Å²) in [5.41, 5.74) is 7.32. The second-order valence-electron chi connectivity index (χ2n) is 4.08. The van der Waals surface area contributed by atoms with E-state index in [9.17, 15) is 4.79 Å². The maximum atomic E-state index is 12.1. The van der Waals surface area contributed by atoms with E-state index < -0.39 is 6.04 Å². The van der Waals surface area contributed by atoms with Crippen LogP contribution < -0.4 is 11.1 Å². The quantitative estimate of drug-likeness (QED) is 0.912. The van der Waals surface area contributed by atoms with Gasteiger partial charge in [0.1, 0.15) is 17.1 Å². The van der Waals surface area contributed by atoms with Crippen LogP contribution in [0.3, 0.4) is 0 Å². The lowest BCUT2D eigenvalue weighted by Gasteiger charge is -2.09. The van der Waals surface area contributed by atoms with E-state index in [0.717, 1.165) is 15.3 Å². The first kappa shape index (κ1) is 13.7. The van der Waals surface area contributed by atoms with Gasteiger partial charge in [0.05, 0.1) is 5.56 Å². The lowest BCUT2D eigenvalue weighted by molar-refractivity contribution is -0.117. The van der Waals surface area contributed by atoms with Gasteiger partial charge < -0.3 is 11.1 Å². The van der Waals surface area contributed by atoms with Gasteiger partial charge in [0.25, 0.3) is 0 Å².